The number of nitrogens with one attached hydrogen (secondary N) is 2. The van der Waals surface area contributed by atoms with Gasteiger partial charge in [-0.1, -0.05) is 30.1 Å². The van der Waals surface area contributed by atoms with Crippen LogP contribution < -0.4 is 10.6 Å². The normalized spacial score (nSPS) is 13.5. The lowest BCUT2D eigenvalue weighted by Gasteiger charge is -2.21. The third kappa shape index (κ3) is 5.53. The highest BCUT2D eigenvalue weighted by molar-refractivity contribution is 6.34. The minimum Gasteiger partial charge on any atom is -0.481 e. The quantitative estimate of drug-likeness (QED) is 0.717. The van der Waals surface area contributed by atoms with Crippen molar-refractivity contribution < 1.29 is 14.7 Å². The largest absolute Gasteiger partial charge is 0.481 e. The van der Waals surface area contributed by atoms with Gasteiger partial charge in [0.15, 0.2) is 0 Å². The number of halogens is 2. The van der Waals surface area contributed by atoms with Crippen LogP contribution in [-0.2, 0) is 9.59 Å². The van der Waals surface area contributed by atoms with Gasteiger partial charge in [0.25, 0.3) is 0 Å². The van der Waals surface area contributed by atoms with Crippen LogP contribution >= 0.6 is 23.2 Å². The molecule has 1 amide bonds. The summed E-state index contributed by atoms with van der Waals surface area (Å²) in [5, 5.41) is 15.4. The number of likely N-dealkylation sites (N-methyl/N-ethyl adjacent to an activating group) is 1. The molecule has 0 spiro atoms. The number of aliphatic carboxylic acids is 1. The second-order valence-corrected chi connectivity index (χ2v) is 5.48. The Hall–Kier alpha value is -1.30. The zero-order chi connectivity index (χ0) is 16.0. The monoisotopic (exact) mass is 332 g/mol. The molecule has 0 saturated carbocycles. The summed E-state index contributed by atoms with van der Waals surface area (Å²) in [5.41, 5.74) is 0.564. The number of rotatable bonds is 7. The van der Waals surface area contributed by atoms with Crippen molar-refractivity contribution in [1.29, 1.82) is 0 Å². The summed E-state index contributed by atoms with van der Waals surface area (Å²) in [4.78, 5) is 23.1. The second kappa shape index (κ2) is 8.22. The Bertz CT molecular complexity index is 499. The highest BCUT2D eigenvalue weighted by Gasteiger charge is 2.22. The van der Waals surface area contributed by atoms with Gasteiger partial charge in [0.2, 0.25) is 5.91 Å². The number of hydrogen-bond donors (Lipinski definition) is 3. The standard InChI is InChI=1S/C14H18Cl2N2O3/c1-3-11(17-2)14(21)18-12(7-13(19)20)8-4-9(15)6-10(16)5-8/h4-6,11-12,17H,3,7H2,1-2H3,(H,18,21)(H,19,20)/t11-,12?/m0/s1. The van der Waals surface area contributed by atoms with E-state index in [0.717, 1.165) is 0 Å². The molecule has 0 fully saturated rings. The van der Waals surface area contributed by atoms with Crippen LogP contribution in [0.2, 0.25) is 10.0 Å². The Labute approximate surface area is 133 Å². The lowest BCUT2D eigenvalue weighted by molar-refractivity contribution is -0.137. The van der Waals surface area contributed by atoms with E-state index in [9.17, 15) is 9.59 Å². The van der Waals surface area contributed by atoms with Crippen LogP contribution in [0.15, 0.2) is 18.2 Å². The number of hydrogen-bond acceptors (Lipinski definition) is 3. The van der Waals surface area contributed by atoms with Gasteiger partial charge in [0, 0.05) is 10.0 Å². The highest BCUT2D eigenvalue weighted by atomic mass is 35.5. The smallest absolute Gasteiger partial charge is 0.305 e. The van der Waals surface area contributed by atoms with Crippen LogP contribution in [0.3, 0.4) is 0 Å². The van der Waals surface area contributed by atoms with Gasteiger partial charge < -0.3 is 15.7 Å². The fraction of sp³-hybridized carbons (Fsp3) is 0.429. The molecule has 0 heterocycles. The molecule has 0 aromatic heterocycles. The molecule has 7 heteroatoms. The molecule has 0 bridgehead atoms. The van der Waals surface area contributed by atoms with E-state index in [-0.39, 0.29) is 18.4 Å². The SMILES string of the molecule is CC[C@H](NC)C(=O)NC(CC(=O)O)c1cc(Cl)cc(Cl)c1. The molecule has 116 valence electrons. The van der Waals surface area contributed by atoms with Gasteiger partial charge >= 0.3 is 5.97 Å². The first-order chi connectivity index (χ1) is 9.87. The Morgan fingerprint density at radius 2 is 1.81 bits per heavy atom. The Balaban J connectivity index is 3.00. The summed E-state index contributed by atoms with van der Waals surface area (Å²) in [7, 11) is 1.68. The molecule has 0 aliphatic heterocycles. The van der Waals surface area contributed by atoms with Gasteiger partial charge in [0.1, 0.15) is 0 Å². The Morgan fingerprint density at radius 3 is 2.24 bits per heavy atom. The lowest BCUT2D eigenvalue weighted by Crippen LogP contribution is -2.44. The van der Waals surface area contributed by atoms with Crippen LogP contribution in [-0.4, -0.2) is 30.1 Å². The van der Waals surface area contributed by atoms with E-state index in [1.54, 1.807) is 25.2 Å². The average Bonchev–Trinajstić information content (AvgIpc) is 2.37. The van der Waals surface area contributed by atoms with Gasteiger partial charge in [-0.2, -0.15) is 0 Å². The molecule has 21 heavy (non-hydrogen) atoms. The molecule has 1 rings (SSSR count). The van der Waals surface area contributed by atoms with Crippen LogP contribution in [0.4, 0.5) is 0 Å². The lowest BCUT2D eigenvalue weighted by atomic mass is 10.0. The third-order valence-electron chi connectivity index (χ3n) is 3.06. The van der Waals surface area contributed by atoms with Crippen molar-refractivity contribution in [1.82, 2.24) is 10.6 Å². The molecule has 3 N–H and O–H groups in total. The number of benzene rings is 1. The van der Waals surface area contributed by atoms with Crippen molar-refractivity contribution in [2.24, 2.45) is 0 Å². The third-order valence-corrected chi connectivity index (χ3v) is 3.49. The van der Waals surface area contributed by atoms with Crippen molar-refractivity contribution in [3.05, 3.63) is 33.8 Å². The van der Waals surface area contributed by atoms with E-state index in [2.05, 4.69) is 10.6 Å². The van der Waals surface area contributed by atoms with E-state index in [4.69, 9.17) is 28.3 Å². The molecule has 1 aromatic rings. The first kappa shape index (κ1) is 17.8. The highest BCUT2D eigenvalue weighted by Crippen LogP contribution is 2.25. The molecule has 1 aromatic carbocycles. The molecular formula is C14H18Cl2N2O3. The molecule has 2 atom stereocenters. The zero-order valence-electron chi connectivity index (χ0n) is 11.8. The first-order valence-electron chi connectivity index (χ1n) is 6.52. The van der Waals surface area contributed by atoms with Crippen LogP contribution in [0.5, 0.6) is 0 Å². The maximum atomic E-state index is 12.1. The Morgan fingerprint density at radius 1 is 1.24 bits per heavy atom. The summed E-state index contributed by atoms with van der Waals surface area (Å²) < 4.78 is 0. The fourth-order valence-corrected chi connectivity index (χ4v) is 2.54. The predicted octanol–water partition coefficient (Wildman–Crippen LogP) is 2.62. The topological polar surface area (TPSA) is 78.4 Å². The molecule has 0 aliphatic rings. The van der Waals surface area contributed by atoms with Crippen LogP contribution in [0.1, 0.15) is 31.4 Å². The predicted molar refractivity (Wildman–Crippen MR) is 82.7 cm³/mol. The number of carboxylic acid groups (broad SMARTS) is 1. The molecule has 0 aliphatic carbocycles. The van der Waals surface area contributed by atoms with E-state index in [0.29, 0.717) is 22.0 Å². The van der Waals surface area contributed by atoms with E-state index >= 15 is 0 Å². The number of carbonyl (C=O) groups is 2. The van der Waals surface area contributed by atoms with Gasteiger partial charge in [-0.05, 0) is 37.2 Å². The molecule has 0 radical (unpaired) electrons. The maximum absolute atomic E-state index is 12.1. The second-order valence-electron chi connectivity index (χ2n) is 4.61. The molecule has 1 unspecified atom stereocenters. The Kier molecular flexibility index (Phi) is 6.95. The van der Waals surface area contributed by atoms with Gasteiger partial charge in [-0.25, -0.2) is 0 Å². The summed E-state index contributed by atoms with van der Waals surface area (Å²) >= 11 is 11.9. The average molecular weight is 333 g/mol. The van der Waals surface area contributed by atoms with Crippen molar-refractivity contribution in [2.75, 3.05) is 7.05 Å². The summed E-state index contributed by atoms with van der Waals surface area (Å²) in [5.74, 6) is -1.28. The first-order valence-corrected chi connectivity index (χ1v) is 7.28. The van der Waals surface area contributed by atoms with Crippen LogP contribution in [0.25, 0.3) is 0 Å². The summed E-state index contributed by atoms with van der Waals surface area (Å²) in [6.45, 7) is 1.86. The van der Waals surface area contributed by atoms with Crippen molar-refractivity contribution in [3.63, 3.8) is 0 Å². The number of amides is 1. The van der Waals surface area contributed by atoms with Gasteiger partial charge in [-0.3, -0.25) is 9.59 Å². The summed E-state index contributed by atoms with van der Waals surface area (Å²) in [6, 6.07) is 3.68. The van der Waals surface area contributed by atoms with E-state index in [1.165, 1.54) is 0 Å². The van der Waals surface area contributed by atoms with Crippen LogP contribution in [0, 0.1) is 0 Å². The number of carboxylic acids is 1. The maximum Gasteiger partial charge on any atom is 0.305 e. The van der Waals surface area contributed by atoms with Gasteiger partial charge in [-0.15, -0.1) is 0 Å². The van der Waals surface area contributed by atoms with E-state index in [1.807, 2.05) is 6.92 Å². The van der Waals surface area contributed by atoms with Gasteiger partial charge in [0.05, 0.1) is 18.5 Å². The van der Waals surface area contributed by atoms with Crippen molar-refractivity contribution in [2.45, 2.75) is 31.8 Å². The minimum absolute atomic E-state index is 0.247. The zero-order valence-corrected chi connectivity index (χ0v) is 13.3. The van der Waals surface area contributed by atoms with Crippen molar-refractivity contribution in [3.8, 4) is 0 Å². The van der Waals surface area contributed by atoms with E-state index < -0.39 is 12.0 Å². The van der Waals surface area contributed by atoms with Crippen molar-refractivity contribution >= 4 is 35.1 Å². The number of carbonyl (C=O) groups excluding carboxylic acids is 1. The fourth-order valence-electron chi connectivity index (χ4n) is 2.00. The molecule has 0 saturated heterocycles. The molecule has 5 nitrogen and oxygen atoms in total. The summed E-state index contributed by atoms with van der Waals surface area (Å²) in [6.07, 6.45) is 0.348. The minimum atomic E-state index is -1.02. The molecular weight excluding hydrogens is 315 g/mol.